The van der Waals surface area contributed by atoms with E-state index in [0.717, 1.165) is 49.7 Å². The molecule has 0 aliphatic heterocycles. The van der Waals surface area contributed by atoms with Gasteiger partial charge in [-0.25, -0.2) is 4.39 Å². The van der Waals surface area contributed by atoms with E-state index in [4.69, 9.17) is 4.74 Å². The van der Waals surface area contributed by atoms with Crippen molar-refractivity contribution in [2.45, 2.75) is 82.7 Å². The number of halogens is 3. The van der Waals surface area contributed by atoms with Gasteiger partial charge in [0, 0.05) is 0 Å². The fourth-order valence-electron chi connectivity index (χ4n) is 5.96. The van der Waals surface area contributed by atoms with Gasteiger partial charge in [0.15, 0.2) is 0 Å². The number of allylic oxidation sites excluding steroid dienone is 3. The van der Waals surface area contributed by atoms with Gasteiger partial charge >= 0.3 is 6.11 Å². The van der Waals surface area contributed by atoms with Crippen LogP contribution in [-0.4, -0.2) is 6.61 Å². The summed E-state index contributed by atoms with van der Waals surface area (Å²) in [4.78, 5) is 0. The second-order valence-corrected chi connectivity index (χ2v) is 10.6. The van der Waals surface area contributed by atoms with Gasteiger partial charge in [0.2, 0.25) is 0 Å². The van der Waals surface area contributed by atoms with Gasteiger partial charge in [-0.05, 0) is 117 Å². The fraction of sp³-hybridized carbons (Fsp3) is 0.500. The molecule has 2 saturated carbocycles. The molecule has 0 N–H and O–H groups in total. The summed E-state index contributed by atoms with van der Waals surface area (Å²) in [6, 6.07) is 12.4. The fourth-order valence-corrected chi connectivity index (χ4v) is 5.96. The van der Waals surface area contributed by atoms with E-state index >= 15 is 0 Å². The Labute approximate surface area is 214 Å². The summed E-state index contributed by atoms with van der Waals surface area (Å²) < 4.78 is 49.1. The average molecular weight is 497 g/mol. The van der Waals surface area contributed by atoms with Crippen molar-refractivity contribution in [3.63, 3.8) is 0 Å². The molecule has 4 rings (SSSR count). The Balaban J connectivity index is 1.28. The molecular formula is C32H39F3O. The Bertz CT molecular complexity index is 1010. The van der Waals surface area contributed by atoms with Crippen LogP contribution in [0.4, 0.5) is 13.2 Å². The van der Waals surface area contributed by atoms with Gasteiger partial charge in [-0.15, -0.1) is 6.58 Å². The molecule has 4 heteroatoms. The molecule has 194 valence electrons. The second-order valence-electron chi connectivity index (χ2n) is 10.6. The molecule has 0 saturated heterocycles. The maximum Gasteiger partial charge on any atom is 0.386 e. The smallest absolute Gasteiger partial charge is 0.316 e. The van der Waals surface area contributed by atoms with Gasteiger partial charge in [-0.3, -0.25) is 0 Å². The predicted octanol–water partition coefficient (Wildman–Crippen LogP) is 9.44. The van der Waals surface area contributed by atoms with Crippen LogP contribution in [0.5, 0.6) is 0 Å². The van der Waals surface area contributed by atoms with Gasteiger partial charge in [-0.2, -0.15) is 8.78 Å². The highest BCUT2D eigenvalue weighted by atomic mass is 19.3. The molecule has 0 atom stereocenters. The molecule has 0 heterocycles. The number of alkyl halides is 2. The Kier molecular flexibility index (Phi) is 9.11. The van der Waals surface area contributed by atoms with Gasteiger partial charge in [0.05, 0.1) is 12.2 Å². The molecule has 2 aliphatic carbocycles. The molecule has 0 unspecified atom stereocenters. The van der Waals surface area contributed by atoms with E-state index in [1.807, 2.05) is 19.1 Å². The van der Waals surface area contributed by atoms with Crippen LogP contribution in [0.15, 0.2) is 67.3 Å². The summed E-state index contributed by atoms with van der Waals surface area (Å²) in [5, 5.41) is 0. The van der Waals surface area contributed by atoms with Gasteiger partial charge in [0.1, 0.15) is 5.82 Å². The minimum Gasteiger partial charge on any atom is -0.316 e. The van der Waals surface area contributed by atoms with Crippen LogP contribution in [0.25, 0.3) is 0 Å². The molecule has 0 spiro atoms. The zero-order valence-corrected chi connectivity index (χ0v) is 21.4. The van der Waals surface area contributed by atoms with Crippen molar-refractivity contribution in [3.8, 4) is 0 Å². The van der Waals surface area contributed by atoms with Gasteiger partial charge < -0.3 is 4.74 Å². The highest BCUT2D eigenvalue weighted by Gasteiger charge is 2.36. The maximum absolute atomic E-state index is 14.7. The van der Waals surface area contributed by atoms with Crippen LogP contribution in [-0.2, 0) is 17.3 Å². The Morgan fingerprint density at radius 3 is 2.03 bits per heavy atom. The number of rotatable bonds is 9. The monoisotopic (exact) mass is 496 g/mol. The van der Waals surface area contributed by atoms with Crippen LogP contribution >= 0.6 is 0 Å². The Hall–Kier alpha value is -2.33. The molecule has 0 aromatic heterocycles. The lowest BCUT2D eigenvalue weighted by molar-refractivity contribution is -0.249. The zero-order valence-electron chi connectivity index (χ0n) is 21.4. The molecule has 0 bridgehead atoms. The summed E-state index contributed by atoms with van der Waals surface area (Å²) in [5.74, 6) is 1.10. The normalized spacial score (nSPS) is 25.2. The first-order chi connectivity index (χ1) is 17.4. The minimum absolute atomic E-state index is 0.174. The van der Waals surface area contributed by atoms with Crippen LogP contribution in [0, 0.1) is 17.7 Å². The highest BCUT2D eigenvalue weighted by Crippen LogP contribution is 2.39. The molecule has 36 heavy (non-hydrogen) atoms. The van der Waals surface area contributed by atoms with Crippen molar-refractivity contribution in [2.75, 3.05) is 6.61 Å². The molecule has 2 aromatic carbocycles. The molecule has 2 fully saturated rings. The molecule has 1 nitrogen and oxygen atoms in total. The van der Waals surface area contributed by atoms with Crippen LogP contribution in [0.1, 0.15) is 92.4 Å². The predicted molar refractivity (Wildman–Crippen MR) is 141 cm³/mol. The van der Waals surface area contributed by atoms with E-state index in [9.17, 15) is 13.2 Å². The minimum atomic E-state index is -3.66. The van der Waals surface area contributed by atoms with E-state index in [1.54, 1.807) is 6.07 Å². The molecule has 0 amide bonds. The van der Waals surface area contributed by atoms with Crippen LogP contribution in [0.2, 0.25) is 0 Å². The third-order valence-electron chi connectivity index (χ3n) is 8.24. The molecule has 0 radical (unpaired) electrons. The lowest BCUT2D eigenvalue weighted by Crippen LogP contribution is -2.22. The van der Waals surface area contributed by atoms with Crippen molar-refractivity contribution in [3.05, 3.63) is 95.3 Å². The number of ether oxygens (including phenoxy) is 1. The van der Waals surface area contributed by atoms with Gasteiger partial charge in [-0.1, -0.05) is 48.6 Å². The summed E-state index contributed by atoms with van der Waals surface area (Å²) in [5.41, 5.74) is 2.38. The summed E-state index contributed by atoms with van der Waals surface area (Å²) >= 11 is 0. The molecular weight excluding hydrogens is 457 g/mol. The van der Waals surface area contributed by atoms with Crippen molar-refractivity contribution < 1.29 is 17.9 Å². The van der Waals surface area contributed by atoms with Crippen LogP contribution in [0.3, 0.4) is 0 Å². The average Bonchev–Trinajstić information content (AvgIpc) is 2.89. The Morgan fingerprint density at radius 1 is 0.861 bits per heavy atom. The first-order valence-electron chi connectivity index (χ1n) is 13.6. The SMILES string of the molecule is C=CC1CCC(c2ccc(CCOC(F)(F)c3ccc(C4CCC(/C=C/C)CC4)cc3F)cc2)CC1. The standard InChI is InChI=1S/C32H39F3O/c1-3-5-24-8-16-28(17-9-24)29-18-19-30(31(33)22-29)32(34,35)36-21-20-25-10-14-27(15-11-25)26-12-6-23(4-2)7-13-26/h3-5,10-11,14-15,18-19,22-24,26,28H,2,6-9,12-13,16-17,20-21H2,1H3/b5-3+. The van der Waals surface area contributed by atoms with Crippen LogP contribution < -0.4 is 0 Å². The maximum atomic E-state index is 14.7. The third-order valence-corrected chi connectivity index (χ3v) is 8.24. The van der Waals surface area contributed by atoms with E-state index < -0.39 is 17.5 Å². The number of hydrogen-bond donors (Lipinski definition) is 0. The summed E-state index contributed by atoms with van der Waals surface area (Å²) in [7, 11) is 0. The van der Waals surface area contributed by atoms with E-state index in [0.29, 0.717) is 24.2 Å². The highest BCUT2D eigenvalue weighted by molar-refractivity contribution is 5.30. The van der Waals surface area contributed by atoms with Crippen molar-refractivity contribution in [1.82, 2.24) is 0 Å². The second kappa shape index (κ2) is 12.3. The van der Waals surface area contributed by atoms with Crippen molar-refractivity contribution >= 4 is 0 Å². The summed E-state index contributed by atoms with van der Waals surface area (Å²) in [6.45, 7) is 5.76. The Morgan fingerprint density at radius 2 is 1.44 bits per heavy atom. The lowest BCUT2D eigenvalue weighted by Gasteiger charge is -2.27. The quantitative estimate of drug-likeness (QED) is 0.314. The van der Waals surface area contributed by atoms with E-state index in [2.05, 4.69) is 36.9 Å². The zero-order chi connectivity index (χ0) is 25.5. The first-order valence-corrected chi connectivity index (χ1v) is 13.6. The number of hydrogen-bond acceptors (Lipinski definition) is 1. The van der Waals surface area contributed by atoms with Crippen molar-refractivity contribution in [2.24, 2.45) is 11.8 Å². The van der Waals surface area contributed by atoms with E-state index in [-0.39, 0.29) is 12.5 Å². The van der Waals surface area contributed by atoms with Gasteiger partial charge in [0.25, 0.3) is 0 Å². The largest absolute Gasteiger partial charge is 0.386 e. The van der Waals surface area contributed by atoms with Crippen molar-refractivity contribution in [1.29, 1.82) is 0 Å². The topological polar surface area (TPSA) is 9.23 Å². The first kappa shape index (κ1) is 26.7. The molecule has 2 aromatic rings. The summed E-state index contributed by atoms with van der Waals surface area (Å²) in [6.07, 6.45) is 11.7. The third kappa shape index (κ3) is 6.70. The number of benzene rings is 2. The molecule has 2 aliphatic rings. The van der Waals surface area contributed by atoms with E-state index in [1.165, 1.54) is 30.5 Å². The lowest BCUT2D eigenvalue weighted by atomic mass is 9.78.